The summed E-state index contributed by atoms with van der Waals surface area (Å²) in [6.45, 7) is 11.2. The topological polar surface area (TPSA) is 449 Å². The number of carboxylic acids is 1. The van der Waals surface area contributed by atoms with Crippen molar-refractivity contribution in [3.8, 4) is 80.1 Å². The number of phenolic OH excluding ortho intramolecular Hbond substituents is 6. The molecular weight excluding hydrogens is 1480 g/mol. The molecule has 111 heavy (non-hydrogen) atoms. The Morgan fingerprint density at radius 1 is 0.532 bits per heavy atom. The first-order valence-electron chi connectivity index (χ1n) is 35.8. The van der Waals surface area contributed by atoms with Crippen molar-refractivity contribution in [1.29, 1.82) is 0 Å². The van der Waals surface area contributed by atoms with E-state index < -0.39 is 194 Å². The van der Waals surface area contributed by atoms with Crippen LogP contribution in [-0.2, 0) is 56.0 Å². The maximum Gasteiger partial charge on any atom is 0.410 e. The molecule has 0 saturated carbocycles. The number of carboxylic acid groups (broad SMARTS) is 1. The summed E-state index contributed by atoms with van der Waals surface area (Å²) in [4.78, 5) is 136. The average Bonchev–Trinajstić information content (AvgIpc) is 0.752. The van der Waals surface area contributed by atoms with Crippen LogP contribution in [0, 0.1) is 0 Å². The first kappa shape index (κ1) is 80.1. The van der Waals surface area contributed by atoms with E-state index in [2.05, 4.69) is 44.1 Å². The van der Waals surface area contributed by atoms with E-state index in [9.17, 15) is 60.0 Å². The Morgan fingerprint density at radius 3 is 1.73 bits per heavy atom. The van der Waals surface area contributed by atoms with Crippen LogP contribution in [0.4, 0.5) is 9.59 Å². The number of hydrogen-bond acceptors (Lipinski definition) is 21. The van der Waals surface area contributed by atoms with Gasteiger partial charge in [0.25, 0.3) is 0 Å². The zero-order valence-electron chi connectivity index (χ0n) is 61.3. The van der Waals surface area contributed by atoms with Gasteiger partial charge in [-0.1, -0.05) is 99.3 Å². The van der Waals surface area contributed by atoms with Crippen molar-refractivity contribution in [2.45, 2.75) is 172 Å². The van der Waals surface area contributed by atoms with E-state index >= 15 is 24.0 Å². The zero-order valence-corrected chi connectivity index (χ0v) is 62.8. The third-order valence-corrected chi connectivity index (χ3v) is 19.2. The largest absolute Gasteiger partial charge is 0.508 e. The van der Waals surface area contributed by atoms with E-state index in [4.69, 9.17) is 46.9 Å². The number of hydrogen-bond donors (Lipinski definition) is 15. The molecule has 0 saturated heterocycles. The predicted molar refractivity (Wildman–Crippen MR) is 399 cm³/mol. The minimum atomic E-state index is -2.33. The number of halogens is 2. The second-order valence-corrected chi connectivity index (χ2v) is 30.1. The summed E-state index contributed by atoms with van der Waals surface area (Å²) in [5, 5.41) is 113. The first-order chi connectivity index (χ1) is 52.5. The molecular formula is C79H84Cl2N8O22. The second-order valence-electron chi connectivity index (χ2n) is 29.3. The minimum Gasteiger partial charge on any atom is -0.508 e. The number of aliphatic carboxylic acids is 1. The summed E-state index contributed by atoms with van der Waals surface area (Å²) < 4.78 is 30.1. The van der Waals surface area contributed by atoms with Crippen molar-refractivity contribution in [3.63, 3.8) is 0 Å². The van der Waals surface area contributed by atoms with Crippen LogP contribution in [0.1, 0.15) is 181 Å². The van der Waals surface area contributed by atoms with E-state index in [1.54, 1.807) is 41.5 Å². The van der Waals surface area contributed by atoms with Crippen LogP contribution in [0.2, 0.25) is 10.0 Å². The molecule has 7 aromatic carbocycles. The summed E-state index contributed by atoms with van der Waals surface area (Å²) >= 11 is 13.9. The fourth-order valence-corrected chi connectivity index (χ4v) is 13.7. The summed E-state index contributed by atoms with van der Waals surface area (Å²) in [7, 11) is 0. The molecule has 15 N–H and O–H groups in total. The Kier molecular flexibility index (Phi) is 23.9. The van der Waals surface area contributed by atoms with E-state index in [0.29, 0.717) is 12.8 Å². The summed E-state index contributed by atoms with van der Waals surface area (Å²) in [6, 6.07) is 5.89. The van der Waals surface area contributed by atoms with Gasteiger partial charge in [0.15, 0.2) is 29.0 Å². The molecule has 13 rings (SSSR count). The number of fused-ring (bicyclic) bond motifs is 14. The highest BCUT2D eigenvalue weighted by atomic mass is 35.5. The van der Waals surface area contributed by atoms with Crippen LogP contribution < -0.4 is 51.4 Å². The Balaban J connectivity index is 1.10. The maximum atomic E-state index is 16.2. The van der Waals surface area contributed by atoms with Crippen molar-refractivity contribution < 1.29 is 108 Å². The van der Waals surface area contributed by atoms with Crippen LogP contribution in [0.25, 0.3) is 11.1 Å². The van der Waals surface area contributed by atoms with Crippen molar-refractivity contribution in [3.05, 3.63) is 164 Å². The van der Waals surface area contributed by atoms with E-state index in [0.717, 1.165) is 99.2 Å². The molecule has 0 spiro atoms. The number of carbonyl (C=O) groups is 9. The van der Waals surface area contributed by atoms with Gasteiger partial charge in [0.2, 0.25) is 41.2 Å². The van der Waals surface area contributed by atoms with Crippen molar-refractivity contribution in [2.75, 3.05) is 6.54 Å². The van der Waals surface area contributed by atoms with Gasteiger partial charge in [-0.3, -0.25) is 28.8 Å². The van der Waals surface area contributed by atoms with Gasteiger partial charge in [0, 0.05) is 35.7 Å². The van der Waals surface area contributed by atoms with Crippen molar-refractivity contribution >= 4 is 76.8 Å². The van der Waals surface area contributed by atoms with E-state index in [1.807, 2.05) is 0 Å². The molecule has 7 aromatic rings. The third kappa shape index (κ3) is 18.7. The monoisotopic (exact) mass is 1570 g/mol. The number of unbranched alkanes of at least 4 members (excludes halogenated alkanes) is 7. The summed E-state index contributed by atoms with van der Waals surface area (Å²) in [5.74, 6) is -16.3. The van der Waals surface area contributed by atoms with Gasteiger partial charge in [-0.2, -0.15) is 0 Å². The lowest BCUT2D eigenvalue weighted by Crippen LogP contribution is -2.55. The molecule has 6 aliphatic heterocycles. The van der Waals surface area contributed by atoms with E-state index in [1.165, 1.54) is 53.4 Å². The number of phenols is 6. The molecule has 17 bridgehead atoms. The molecule has 0 aliphatic carbocycles. The van der Waals surface area contributed by atoms with Gasteiger partial charge in [-0.05, 0) is 160 Å². The average molecular weight is 1570 g/mol. The molecule has 0 radical (unpaired) electrons. The highest BCUT2D eigenvalue weighted by Gasteiger charge is 2.43. The van der Waals surface area contributed by atoms with Crippen molar-refractivity contribution in [2.24, 2.45) is 0 Å². The predicted octanol–water partition coefficient (Wildman–Crippen LogP) is 11.4. The molecule has 6 aliphatic rings. The van der Waals surface area contributed by atoms with Gasteiger partial charge in [-0.25, -0.2) is 14.4 Å². The van der Waals surface area contributed by atoms with Gasteiger partial charge >= 0.3 is 18.2 Å². The number of nitrogens with one attached hydrogen (secondary N) is 7. The lowest BCUT2D eigenvalue weighted by Gasteiger charge is -2.32. The Bertz CT molecular complexity index is 4850. The highest BCUT2D eigenvalue weighted by molar-refractivity contribution is 6.32. The number of amides is 8. The number of rotatable bonds is 13. The van der Waals surface area contributed by atoms with Crippen LogP contribution in [0.3, 0.4) is 0 Å². The highest BCUT2D eigenvalue weighted by Crippen LogP contribution is 2.50. The summed E-state index contributed by atoms with van der Waals surface area (Å²) in [6.07, 6.45) is 2.45. The standard InChI is InChI=1S/C79H84Cl2N8O22/c1-8-9-10-11-12-13-14-15-24-89(77(106)111-79(5,6)7)36-47-53(93)35-46-59(67(47)95)45-29-38(17-20-51(45)91)60-71(99)87-65(74(102)86-64(46)75(103)104)66(94)40-19-23-55(49(81)30-40)109-58-33-42-32-57(68(58)96)108-54-22-16-37(25-48(54)80)26-50-69(97)83-62(72(100)85-63(42)73(101)84-60)41-27-43(90)34-44(28-41)107-56-31-39(18-21-52(56)92)61(70(98)82-50)88-76(105)110-78(2,3)4/h16-23,25,27-35,50,60-66,90-96H,8-15,24,26,36H2,1-7H3,(H,82,98)(H,83,97)(H,84,101)(H,85,100)(H,86,102)(H,87,99)(H,88,105)(H,103,104)/t50-,60-,61-,62-,63-,64-,65-,66?/m0/s1. The maximum absolute atomic E-state index is 16.2. The number of aromatic hydroxyl groups is 6. The SMILES string of the molecule is CCCCCCCCCCN(Cc1c(O)cc2c(c1O)-c1cc(ccc1O)[C@@H]1NC(=O)[C@H]3NC(=O)[C@H]4NC(=O)[C@H](Cc5ccc(c(Cl)c5)Oc5cc3cc(c5O)Oc3ccc(cc3Cl)C(O)[C@H](NC1=O)C(=O)N[C@@H]2C(=O)O)NC(=O)[C@@H](NC(=O)OC(C)(C)C)c1ccc(O)c(c1)Oc1cc(O)cc4c1)C(=O)OC(C)(C)C. The number of nitrogens with zero attached hydrogens (tertiary/aromatic N) is 1. The smallest absolute Gasteiger partial charge is 0.410 e. The van der Waals surface area contributed by atoms with Crippen molar-refractivity contribution in [1.82, 2.24) is 42.1 Å². The van der Waals surface area contributed by atoms with Gasteiger partial charge in [0.1, 0.15) is 93.8 Å². The zero-order chi connectivity index (χ0) is 80.2. The molecule has 6 heterocycles. The number of aliphatic hydroxyl groups is 1. The Labute approximate surface area is 646 Å². The third-order valence-electron chi connectivity index (χ3n) is 18.6. The second kappa shape index (κ2) is 33.1. The molecule has 8 amide bonds. The number of carbonyl (C=O) groups excluding carboxylic acids is 8. The molecule has 0 aromatic heterocycles. The molecule has 586 valence electrons. The van der Waals surface area contributed by atoms with Gasteiger partial charge in [-0.15, -0.1) is 0 Å². The van der Waals surface area contributed by atoms with Crippen LogP contribution in [0.5, 0.6) is 69.0 Å². The number of ether oxygens (including phenoxy) is 5. The van der Waals surface area contributed by atoms with E-state index in [-0.39, 0.29) is 73.0 Å². The van der Waals surface area contributed by atoms with Crippen LogP contribution in [0.15, 0.2) is 109 Å². The summed E-state index contributed by atoms with van der Waals surface area (Å²) in [5.41, 5.74) is -5.34. The lowest BCUT2D eigenvalue weighted by atomic mass is 9.88. The van der Waals surface area contributed by atoms with Crippen LogP contribution in [-0.4, -0.2) is 129 Å². The fraction of sp³-hybridized carbons (Fsp3) is 0.354. The number of alkyl carbamates (subject to hydrolysis) is 1. The molecule has 32 heteroatoms. The van der Waals surface area contributed by atoms with Gasteiger partial charge < -0.3 is 107 Å². The quantitative estimate of drug-likeness (QED) is 0.0477. The molecule has 8 atom stereocenters. The minimum absolute atomic E-state index is 0.0203. The molecule has 30 nitrogen and oxygen atoms in total. The van der Waals surface area contributed by atoms with Crippen LogP contribution >= 0.6 is 23.2 Å². The fourth-order valence-electron chi connectivity index (χ4n) is 13.2. The molecule has 1 unspecified atom stereocenters. The Hall–Kier alpha value is -11.9. The lowest BCUT2D eigenvalue weighted by molar-refractivity contribution is -0.143. The normalized spacial score (nSPS) is 19.8. The number of benzene rings is 7. The Morgan fingerprint density at radius 2 is 1.10 bits per heavy atom. The van der Waals surface area contributed by atoms with Gasteiger partial charge in [0.05, 0.1) is 22.2 Å². The molecule has 0 fully saturated rings. The first-order valence-corrected chi connectivity index (χ1v) is 36.5. The number of aliphatic hydroxyl groups excluding tert-OH is 1.